The van der Waals surface area contributed by atoms with Crippen molar-refractivity contribution in [2.75, 3.05) is 37.9 Å². The van der Waals surface area contributed by atoms with Gasteiger partial charge in [0.05, 0.1) is 5.56 Å². The number of thioether (sulfide) groups is 1. The number of carboxylic acids is 1. The van der Waals surface area contributed by atoms with Crippen LogP contribution in [0.25, 0.3) is 0 Å². The largest absolute Gasteiger partial charge is 0.481 e. The van der Waals surface area contributed by atoms with Crippen molar-refractivity contribution in [3.8, 4) is 0 Å². The molecule has 0 radical (unpaired) electrons. The molecule has 1 fully saturated rings. The first-order chi connectivity index (χ1) is 18.7. The van der Waals surface area contributed by atoms with Crippen molar-refractivity contribution >= 4 is 29.5 Å². The van der Waals surface area contributed by atoms with Crippen LogP contribution in [0.3, 0.4) is 0 Å². The third kappa shape index (κ3) is 13.4. The Morgan fingerprint density at radius 2 is 1.82 bits per heavy atom. The maximum Gasteiger partial charge on any atom is 0.303 e. The molecule has 1 amide bonds. The minimum Gasteiger partial charge on any atom is -0.481 e. The van der Waals surface area contributed by atoms with E-state index in [0.29, 0.717) is 23.9 Å². The third-order valence-corrected chi connectivity index (χ3v) is 8.38. The number of pyridine rings is 1. The monoisotopic (exact) mass is 567 g/mol. The van der Waals surface area contributed by atoms with Crippen molar-refractivity contribution in [2.45, 2.75) is 111 Å². The molecular formula is C31H57N3O4S. The number of piperidine rings is 1. The van der Waals surface area contributed by atoms with Gasteiger partial charge in [-0.25, -0.2) is 4.98 Å². The molecule has 2 rings (SSSR count). The van der Waals surface area contributed by atoms with Crippen LogP contribution in [0.4, 0.5) is 5.82 Å². The van der Waals surface area contributed by atoms with Crippen molar-refractivity contribution < 1.29 is 19.8 Å². The second-order valence-electron chi connectivity index (χ2n) is 10.7. The van der Waals surface area contributed by atoms with Crippen molar-refractivity contribution in [3.63, 3.8) is 0 Å². The molecular weight excluding hydrogens is 510 g/mol. The van der Waals surface area contributed by atoms with Gasteiger partial charge in [-0.15, -0.1) is 11.8 Å². The molecule has 7 nitrogen and oxygen atoms in total. The van der Waals surface area contributed by atoms with Gasteiger partial charge in [-0.1, -0.05) is 48.0 Å². The molecule has 3 unspecified atom stereocenters. The number of carboxylic acid groups (broad SMARTS) is 1. The van der Waals surface area contributed by atoms with E-state index in [1.165, 1.54) is 12.8 Å². The maximum absolute atomic E-state index is 13.5. The lowest BCUT2D eigenvalue weighted by molar-refractivity contribution is -0.138. The summed E-state index contributed by atoms with van der Waals surface area (Å²) in [5.74, 6) is 2.62. The number of aliphatic carboxylic acids is 1. The number of carbonyl (C=O) groups excluding carboxylic acids is 1. The lowest BCUT2D eigenvalue weighted by Crippen LogP contribution is -2.37. The number of anilines is 1. The Bertz CT molecular complexity index is 821. The molecule has 1 saturated heterocycles. The molecule has 1 aromatic heterocycles. The molecule has 0 bridgehead atoms. The van der Waals surface area contributed by atoms with Crippen LogP contribution in [0.2, 0.25) is 0 Å². The first kappa shape index (κ1) is 37.2. The summed E-state index contributed by atoms with van der Waals surface area (Å²) in [5.41, 5.74) is 0.676. The van der Waals surface area contributed by atoms with Gasteiger partial charge in [0, 0.05) is 39.7 Å². The standard InChI is InChI=1S/C28H47N3O3S.C2H6.CH4O/c1-7-16-35-27-24(28(34)30(6)21(5)11-12-22(8-2)17-20(3)4)13-14-25(29-27)31-15-9-10-23(19-31)18-26(32)33;2*1-2/h13-14,20-23H,7-12,15-19H2,1-6H3,(H,32,33);1-2H3;2H,1H3. The van der Waals surface area contributed by atoms with Crippen molar-refractivity contribution in [2.24, 2.45) is 17.8 Å². The van der Waals surface area contributed by atoms with Crippen LogP contribution in [0, 0.1) is 17.8 Å². The predicted molar refractivity (Wildman–Crippen MR) is 166 cm³/mol. The van der Waals surface area contributed by atoms with Gasteiger partial charge in [-0.05, 0) is 81.1 Å². The van der Waals surface area contributed by atoms with Crippen LogP contribution in [0.15, 0.2) is 17.2 Å². The number of hydrogen-bond acceptors (Lipinski definition) is 6. The lowest BCUT2D eigenvalue weighted by atomic mass is 9.89. The minimum absolute atomic E-state index is 0.0365. The van der Waals surface area contributed by atoms with Gasteiger partial charge < -0.3 is 20.0 Å². The summed E-state index contributed by atoms with van der Waals surface area (Å²) < 4.78 is 0. The molecule has 39 heavy (non-hydrogen) atoms. The molecule has 0 aliphatic carbocycles. The van der Waals surface area contributed by atoms with Gasteiger partial charge in [0.2, 0.25) is 0 Å². The summed E-state index contributed by atoms with van der Waals surface area (Å²) in [6.07, 6.45) is 7.70. The van der Waals surface area contributed by atoms with Gasteiger partial charge in [0.25, 0.3) is 5.91 Å². The fraction of sp³-hybridized carbons (Fsp3) is 0.774. The quantitative estimate of drug-likeness (QED) is 0.229. The van der Waals surface area contributed by atoms with Crippen LogP contribution < -0.4 is 4.90 Å². The Balaban J connectivity index is 0.00000344. The first-order valence-electron chi connectivity index (χ1n) is 15.0. The summed E-state index contributed by atoms with van der Waals surface area (Å²) >= 11 is 1.64. The molecule has 0 spiro atoms. The minimum atomic E-state index is -0.739. The van der Waals surface area contributed by atoms with Crippen molar-refractivity contribution in [1.29, 1.82) is 0 Å². The Morgan fingerprint density at radius 1 is 1.15 bits per heavy atom. The molecule has 0 aromatic carbocycles. The molecule has 8 heteroatoms. The van der Waals surface area contributed by atoms with Crippen molar-refractivity contribution in [3.05, 3.63) is 17.7 Å². The smallest absolute Gasteiger partial charge is 0.303 e. The molecule has 1 aliphatic heterocycles. The second kappa shape index (κ2) is 21.0. The molecule has 1 aromatic rings. The molecule has 2 heterocycles. The number of carbonyl (C=O) groups is 2. The van der Waals surface area contributed by atoms with Gasteiger partial charge in [-0.2, -0.15) is 0 Å². The van der Waals surface area contributed by atoms with E-state index in [9.17, 15) is 14.7 Å². The van der Waals surface area contributed by atoms with Gasteiger partial charge in [0.15, 0.2) is 0 Å². The summed E-state index contributed by atoms with van der Waals surface area (Å²) in [5, 5.41) is 17.0. The zero-order valence-corrected chi connectivity index (χ0v) is 27.0. The fourth-order valence-electron chi connectivity index (χ4n) is 4.98. The van der Waals surface area contributed by atoms with Gasteiger partial charge >= 0.3 is 5.97 Å². The maximum atomic E-state index is 13.5. The summed E-state index contributed by atoms with van der Waals surface area (Å²) in [6, 6.07) is 4.05. The molecule has 226 valence electrons. The predicted octanol–water partition coefficient (Wildman–Crippen LogP) is 7.22. The van der Waals surface area contributed by atoms with E-state index < -0.39 is 5.97 Å². The van der Waals surface area contributed by atoms with E-state index >= 15 is 0 Å². The molecule has 1 aliphatic rings. The van der Waals surface area contributed by atoms with Gasteiger partial charge in [0.1, 0.15) is 10.8 Å². The zero-order chi connectivity index (χ0) is 30.0. The highest BCUT2D eigenvalue weighted by atomic mass is 32.2. The van der Waals surface area contributed by atoms with E-state index in [-0.39, 0.29) is 24.3 Å². The average molecular weight is 568 g/mol. The Morgan fingerprint density at radius 3 is 2.38 bits per heavy atom. The normalized spacial score (nSPS) is 16.4. The number of aromatic nitrogens is 1. The Hall–Kier alpha value is -1.80. The summed E-state index contributed by atoms with van der Waals surface area (Å²) in [4.78, 5) is 33.7. The number of amides is 1. The van der Waals surface area contributed by atoms with Crippen LogP contribution >= 0.6 is 11.8 Å². The van der Waals surface area contributed by atoms with E-state index in [4.69, 9.17) is 10.1 Å². The summed E-state index contributed by atoms with van der Waals surface area (Å²) in [6.45, 7) is 16.7. The lowest BCUT2D eigenvalue weighted by Gasteiger charge is -2.33. The second-order valence-corrected chi connectivity index (χ2v) is 11.8. The zero-order valence-electron chi connectivity index (χ0n) is 26.2. The summed E-state index contributed by atoms with van der Waals surface area (Å²) in [7, 11) is 2.92. The Kier molecular flexibility index (Phi) is 20.0. The molecule has 2 N–H and O–H groups in total. The van der Waals surface area contributed by atoms with Crippen LogP contribution in [-0.4, -0.2) is 71.0 Å². The van der Waals surface area contributed by atoms with Crippen LogP contribution in [0.5, 0.6) is 0 Å². The first-order valence-corrected chi connectivity index (χ1v) is 16.0. The number of aliphatic hydroxyl groups is 1. The topological polar surface area (TPSA) is 94.0 Å². The van der Waals surface area contributed by atoms with E-state index in [2.05, 4.69) is 39.5 Å². The number of hydrogen-bond donors (Lipinski definition) is 2. The Labute approximate surface area is 243 Å². The highest BCUT2D eigenvalue weighted by Crippen LogP contribution is 2.30. The van der Waals surface area contributed by atoms with E-state index in [1.807, 2.05) is 37.9 Å². The number of rotatable bonds is 14. The third-order valence-electron chi connectivity index (χ3n) is 7.18. The molecule has 3 atom stereocenters. The van der Waals surface area contributed by atoms with Gasteiger partial charge in [-0.3, -0.25) is 9.59 Å². The van der Waals surface area contributed by atoms with Crippen molar-refractivity contribution in [1.82, 2.24) is 9.88 Å². The van der Waals surface area contributed by atoms with Crippen LogP contribution in [-0.2, 0) is 4.79 Å². The van der Waals surface area contributed by atoms with E-state index in [1.54, 1.807) is 11.8 Å². The highest BCUT2D eigenvalue weighted by Gasteiger charge is 2.26. The SMILES string of the molecule is CC.CCCSc1nc(N2CCCC(CC(=O)O)C2)ccc1C(=O)N(C)C(C)CCC(CC)CC(C)C.CO. The van der Waals surface area contributed by atoms with E-state index in [0.717, 1.165) is 62.4 Å². The molecule has 0 saturated carbocycles. The average Bonchev–Trinajstić information content (AvgIpc) is 2.94. The number of aliphatic hydroxyl groups excluding tert-OH is 1. The van der Waals surface area contributed by atoms with Crippen LogP contribution in [0.1, 0.15) is 110 Å². The number of nitrogens with zero attached hydrogens (tertiary/aromatic N) is 3. The fourth-order valence-corrected chi connectivity index (χ4v) is 5.85. The highest BCUT2D eigenvalue weighted by molar-refractivity contribution is 7.99.